The third-order valence-corrected chi connectivity index (χ3v) is 4.95. The zero-order valence-corrected chi connectivity index (χ0v) is 15.5. The van der Waals surface area contributed by atoms with E-state index in [9.17, 15) is 18.4 Å². The molecule has 134 valence electrons. The van der Waals surface area contributed by atoms with E-state index in [1.54, 1.807) is 24.3 Å². The van der Waals surface area contributed by atoms with Crippen molar-refractivity contribution in [1.29, 1.82) is 0 Å². The van der Waals surface area contributed by atoms with E-state index in [0.717, 1.165) is 0 Å². The summed E-state index contributed by atoms with van der Waals surface area (Å²) in [6, 6.07) is 12.0. The predicted octanol–water partition coefficient (Wildman–Crippen LogP) is 4.08. The summed E-state index contributed by atoms with van der Waals surface area (Å²) >= 11 is 5.79. The van der Waals surface area contributed by atoms with Gasteiger partial charge in [0.1, 0.15) is 11.5 Å². The lowest BCUT2D eigenvalue weighted by Crippen LogP contribution is -2.41. The second-order valence-corrected chi connectivity index (χ2v) is 8.53. The molecule has 2 aromatic carbocycles. The molecule has 0 aliphatic carbocycles. The molecule has 25 heavy (non-hydrogen) atoms. The van der Waals surface area contributed by atoms with Crippen LogP contribution in [0.4, 0.5) is 0 Å². The van der Waals surface area contributed by atoms with Crippen molar-refractivity contribution in [1.82, 2.24) is 4.47 Å². The molecule has 0 radical (unpaired) electrons. The molecular formula is C17H18ClNO5S. The Morgan fingerprint density at radius 2 is 1.44 bits per heavy atom. The summed E-state index contributed by atoms with van der Waals surface area (Å²) in [7, 11) is -4.35. The first-order chi connectivity index (χ1) is 11.5. The molecule has 8 heteroatoms. The molecule has 0 aliphatic heterocycles. The number of hydrogen-bond donors (Lipinski definition) is 1. The lowest BCUT2D eigenvalue weighted by atomic mass is 9.96. The molecule has 1 amide bonds. The Hall–Kier alpha value is -2.09. The first-order valence-electron chi connectivity index (χ1n) is 7.34. The molecule has 0 aliphatic rings. The molecule has 0 heterocycles. The van der Waals surface area contributed by atoms with Crippen LogP contribution in [0.2, 0.25) is 5.02 Å². The maximum absolute atomic E-state index is 12.3. The van der Waals surface area contributed by atoms with Gasteiger partial charge in [-0.25, -0.2) is 0 Å². The van der Waals surface area contributed by atoms with Gasteiger partial charge in [-0.2, -0.15) is 8.42 Å². The Kier molecular flexibility index (Phi) is 5.41. The van der Waals surface area contributed by atoms with Crippen molar-refractivity contribution in [3.05, 3.63) is 53.6 Å². The minimum absolute atomic E-state index is 0.220. The molecular weight excluding hydrogens is 366 g/mol. The van der Waals surface area contributed by atoms with Crippen molar-refractivity contribution in [3.63, 3.8) is 0 Å². The fourth-order valence-corrected chi connectivity index (χ4v) is 3.11. The van der Waals surface area contributed by atoms with Crippen LogP contribution in [-0.4, -0.2) is 24.0 Å². The number of halogens is 1. The minimum atomic E-state index is -4.35. The van der Waals surface area contributed by atoms with E-state index in [1.165, 1.54) is 45.0 Å². The SMILES string of the molecule is CC(C)(C)C(=O)N(O)S(=O)(=O)c1ccc(Oc2ccc(Cl)cc2)cc1. The predicted molar refractivity (Wildman–Crippen MR) is 93.2 cm³/mol. The van der Waals surface area contributed by atoms with E-state index >= 15 is 0 Å². The van der Waals surface area contributed by atoms with Gasteiger partial charge in [0.25, 0.3) is 15.9 Å². The van der Waals surface area contributed by atoms with Crippen LogP contribution in [0, 0.1) is 5.41 Å². The second-order valence-electron chi connectivity index (χ2n) is 6.33. The zero-order valence-electron chi connectivity index (χ0n) is 13.9. The Morgan fingerprint density at radius 1 is 1.00 bits per heavy atom. The largest absolute Gasteiger partial charge is 0.457 e. The third-order valence-electron chi connectivity index (χ3n) is 3.21. The van der Waals surface area contributed by atoms with Crippen molar-refractivity contribution in [2.45, 2.75) is 25.7 Å². The summed E-state index contributed by atoms with van der Waals surface area (Å²) < 4.78 is 30.0. The Labute approximate surface area is 151 Å². The van der Waals surface area contributed by atoms with Crippen molar-refractivity contribution in [2.24, 2.45) is 5.41 Å². The monoisotopic (exact) mass is 383 g/mol. The van der Waals surface area contributed by atoms with Gasteiger partial charge in [-0.15, -0.1) is 4.47 Å². The molecule has 0 saturated heterocycles. The van der Waals surface area contributed by atoms with Gasteiger partial charge in [0.15, 0.2) is 0 Å². The highest BCUT2D eigenvalue weighted by atomic mass is 35.5. The summed E-state index contributed by atoms with van der Waals surface area (Å²) in [6.45, 7) is 4.53. The number of carbonyl (C=O) groups excluding carboxylic acids is 1. The number of hydrogen-bond acceptors (Lipinski definition) is 5. The van der Waals surface area contributed by atoms with Gasteiger partial charge < -0.3 is 4.74 Å². The van der Waals surface area contributed by atoms with Gasteiger partial charge in [-0.3, -0.25) is 10.0 Å². The highest BCUT2D eigenvalue weighted by Gasteiger charge is 2.35. The molecule has 1 N–H and O–H groups in total. The number of amides is 1. The smallest absolute Gasteiger partial charge is 0.289 e. The maximum atomic E-state index is 12.3. The van der Waals surface area contributed by atoms with Crippen molar-refractivity contribution in [3.8, 4) is 11.5 Å². The Balaban J connectivity index is 2.20. The van der Waals surface area contributed by atoms with Crippen LogP contribution in [0.15, 0.2) is 53.4 Å². The van der Waals surface area contributed by atoms with Crippen LogP contribution in [0.25, 0.3) is 0 Å². The van der Waals surface area contributed by atoms with Crippen LogP contribution < -0.4 is 4.74 Å². The minimum Gasteiger partial charge on any atom is -0.457 e. The molecule has 0 fully saturated rings. The quantitative estimate of drug-likeness (QED) is 0.635. The van der Waals surface area contributed by atoms with E-state index < -0.39 is 21.3 Å². The van der Waals surface area contributed by atoms with Crippen LogP contribution in [0.3, 0.4) is 0 Å². The van der Waals surface area contributed by atoms with E-state index in [2.05, 4.69) is 0 Å². The van der Waals surface area contributed by atoms with Gasteiger partial charge in [-0.05, 0) is 48.5 Å². The topological polar surface area (TPSA) is 83.9 Å². The fourth-order valence-electron chi connectivity index (χ4n) is 1.81. The fraction of sp³-hybridized carbons (Fsp3) is 0.235. The maximum Gasteiger partial charge on any atom is 0.289 e. The molecule has 2 aromatic rings. The van der Waals surface area contributed by atoms with Crippen LogP contribution in [-0.2, 0) is 14.8 Å². The number of nitrogens with zero attached hydrogens (tertiary/aromatic N) is 1. The van der Waals surface area contributed by atoms with Gasteiger partial charge in [0, 0.05) is 10.4 Å². The standard InChI is InChI=1S/C17H18ClNO5S/c1-17(2,3)16(20)19(21)25(22,23)15-10-8-14(9-11-15)24-13-6-4-12(18)5-7-13/h4-11,21H,1-3H3. The molecule has 0 spiro atoms. The van der Waals surface area contributed by atoms with Crippen LogP contribution >= 0.6 is 11.6 Å². The Morgan fingerprint density at radius 3 is 1.88 bits per heavy atom. The van der Waals surface area contributed by atoms with Crippen LogP contribution in [0.1, 0.15) is 20.8 Å². The van der Waals surface area contributed by atoms with Gasteiger partial charge in [0.2, 0.25) is 0 Å². The average molecular weight is 384 g/mol. The number of benzene rings is 2. The summed E-state index contributed by atoms with van der Waals surface area (Å²) in [5.74, 6) is 0.00797. The number of hydroxylamine groups is 1. The van der Waals surface area contributed by atoms with Crippen molar-refractivity contribution < 1.29 is 23.2 Å². The van der Waals surface area contributed by atoms with E-state index in [-0.39, 0.29) is 9.36 Å². The van der Waals surface area contributed by atoms with Gasteiger partial charge in [0.05, 0.1) is 4.90 Å². The first-order valence-corrected chi connectivity index (χ1v) is 9.16. The summed E-state index contributed by atoms with van der Waals surface area (Å²) in [6.07, 6.45) is 0. The zero-order chi connectivity index (χ0) is 18.8. The summed E-state index contributed by atoms with van der Waals surface area (Å²) in [4.78, 5) is 11.8. The molecule has 0 atom stereocenters. The number of rotatable bonds is 4. The highest BCUT2D eigenvalue weighted by molar-refractivity contribution is 7.89. The van der Waals surface area contributed by atoms with E-state index in [1.807, 2.05) is 0 Å². The summed E-state index contributed by atoms with van der Waals surface area (Å²) in [5.41, 5.74) is -1.04. The molecule has 0 unspecified atom stereocenters. The number of ether oxygens (including phenoxy) is 1. The lowest BCUT2D eigenvalue weighted by molar-refractivity contribution is -0.154. The van der Waals surface area contributed by atoms with E-state index in [4.69, 9.17) is 16.3 Å². The highest BCUT2D eigenvalue weighted by Crippen LogP contribution is 2.26. The normalized spacial score (nSPS) is 11.9. The van der Waals surface area contributed by atoms with Gasteiger partial charge >= 0.3 is 0 Å². The molecule has 0 bridgehead atoms. The first kappa shape index (κ1) is 19.2. The second kappa shape index (κ2) is 7.03. The van der Waals surface area contributed by atoms with Crippen molar-refractivity contribution >= 4 is 27.5 Å². The molecule has 2 rings (SSSR count). The Bertz CT molecular complexity index is 855. The number of sulfonamides is 1. The summed E-state index contributed by atoms with van der Waals surface area (Å²) in [5, 5.41) is 10.4. The van der Waals surface area contributed by atoms with Crippen LogP contribution in [0.5, 0.6) is 11.5 Å². The molecule has 6 nitrogen and oxygen atoms in total. The van der Waals surface area contributed by atoms with E-state index in [0.29, 0.717) is 16.5 Å². The lowest BCUT2D eigenvalue weighted by Gasteiger charge is -2.23. The average Bonchev–Trinajstić information content (AvgIpc) is 2.55. The molecule has 0 saturated carbocycles. The third kappa shape index (κ3) is 4.50. The number of carbonyl (C=O) groups is 1. The van der Waals surface area contributed by atoms with Crippen molar-refractivity contribution in [2.75, 3.05) is 0 Å². The van der Waals surface area contributed by atoms with Gasteiger partial charge in [-0.1, -0.05) is 32.4 Å². The molecule has 0 aromatic heterocycles.